The predicted molar refractivity (Wildman–Crippen MR) is 125 cm³/mol. The summed E-state index contributed by atoms with van der Waals surface area (Å²) in [4.78, 5) is 11.5. The van der Waals surface area contributed by atoms with E-state index in [0.717, 1.165) is 16.8 Å². The van der Waals surface area contributed by atoms with E-state index in [2.05, 4.69) is 9.82 Å². The van der Waals surface area contributed by atoms with E-state index in [1.165, 1.54) is 6.92 Å². The van der Waals surface area contributed by atoms with Gasteiger partial charge in [0.25, 0.3) is 0 Å². The van der Waals surface area contributed by atoms with Crippen LogP contribution in [0.15, 0.2) is 54.6 Å². The second-order valence-corrected chi connectivity index (χ2v) is 10.1. The van der Waals surface area contributed by atoms with Crippen molar-refractivity contribution in [2.75, 3.05) is 5.75 Å². The van der Waals surface area contributed by atoms with Crippen molar-refractivity contribution >= 4 is 15.8 Å². The van der Waals surface area contributed by atoms with Crippen molar-refractivity contribution in [3.05, 3.63) is 65.7 Å². The molecule has 0 unspecified atom stereocenters. The number of Topliss-reactive ketones (excluding diaryl/α,β-unsaturated/α-hetero) is 1. The maximum absolute atomic E-state index is 12.1. The van der Waals surface area contributed by atoms with Crippen LogP contribution in [0.4, 0.5) is 0 Å². The molecular formula is C24H29N3O4S. The van der Waals surface area contributed by atoms with E-state index >= 15 is 0 Å². The van der Waals surface area contributed by atoms with E-state index in [4.69, 9.17) is 4.74 Å². The average molecular weight is 456 g/mol. The van der Waals surface area contributed by atoms with Crippen LogP contribution in [0.5, 0.6) is 11.6 Å². The van der Waals surface area contributed by atoms with E-state index in [-0.39, 0.29) is 11.5 Å². The molecule has 3 aromatic rings. The molecule has 1 aromatic heterocycles. The Labute approximate surface area is 189 Å². The van der Waals surface area contributed by atoms with Crippen LogP contribution in [0.1, 0.15) is 50.5 Å². The van der Waals surface area contributed by atoms with Crippen molar-refractivity contribution in [2.45, 2.75) is 46.7 Å². The zero-order chi connectivity index (χ0) is 23.5. The molecule has 1 N–H and O–H groups in total. The highest BCUT2D eigenvalue weighted by Crippen LogP contribution is 2.30. The van der Waals surface area contributed by atoms with Crippen molar-refractivity contribution in [3.8, 4) is 22.9 Å². The Bertz CT molecular complexity index is 1210. The van der Waals surface area contributed by atoms with Gasteiger partial charge in [-0.1, -0.05) is 18.2 Å². The summed E-state index contributed by atoms with van der Waals surface area (Å²) in [6.45, 7) is 9.40. The number of hydrogen-bond acceptors (Lipinski definition) is 5. The highest BCUT2D eigenvalue weighted by atomic mass is 32.2. The number of carbonyl (C=O) groups excluding carboxylic acids is 1. The predicted octanol–water partition coefficient (Wildman–Crippen LogP) is 4.74. The van der Waals surface area contributed by atoms with Gasteiger partial charge in [0, 0.05) is 23.7 Å². The number of hydrogen-bond donors (Lipinski definition) is 1. The lowest BCUT2D eigenvalue weighted by Gasteiger charge is -2.26. The van der Waals surface area contributed by atoms with Gasteiger partial charge in [-0.05, 0) is 70.5 Å². The summed E-state index contributed by atoms with van der Waals surface area (Å²) >= 11 is 0. The standard InChI is InChI=1S/C24H29N3O4S/c1-6-27-23(31-21-13-11-18(12-14-21)17(3)28)16-22(25-27)19-9-8-10-20(15-19)24(4,5)26-32(29,30)7-2/h8-16,26H,6-7H2,1-5H3. The summed E-state index contributed by atoms with van der Waals surface area (Å²) in [6.07, 6.45) is 0. The molecule has 0 saturated heterocycles. The molecule has 0 bridgehead atoms. The molecule has 2 aromatic carbocycles. The molecule has 0 atom stereocenters. The van der Waals surface area contributed by atoms with Crippen molar-refractivity contribution in [2.24, 2.45) is 0 Å². The third kappa shape index (κ3) is 5.44. The second-order valence-electron chi connectivity index (χ2n) is 8.08. The van der Waals surface area contributed by atoms with Crippen LogP contribution >= 0.6 is 0 Å². The van der Waals surface area contributed by atoms with Crippen LogP contribution in [0.2, 0.25) is 0 Å². The number of carbonyl (C=O) groups is 1. The molecule has 0 aliphatic carbocycles. The van der Waals surface area contributed by atoms with Gasteiger partial charge in [0.05, 0.1) is 17.0 Å². The molecule has 32 heavy (non-hydrogen) atoms. The molecule has 0 aliphatic heterocycles. The van der Waals surface area contributed by atoms with Crippen LogP contribution in [0.3, 0.4) is 0 Å². The van der Waals surface area contributed by atoms with Crippen molar-refractivity contribution in [1.29, 1.82) is 0 Å². The fourth-order valence-corrected chi connectivity index (χ4v) is 4.35. The number of ketones is 1. The molecule has 0 spiro atoms. The minimum atomic E-state index is -3.36. The van der Waals surface area contributed by atoms with E-state index in [1.807, 2.05) is 51.1 Å². The topological polar surface area (TPSA) is 90.3 Å². The molecule has 0 fully saturated rings. The van der Waals surface area contributed by atoms with Crippen LogP contribution in [-0.4, -0.2) is 29.7 Å². The maximum Gasteiger partial charge on any atom is 0.218 e. The van der Waals surface area contributed by atoms with Gasteiger partial charge >= 0.3 is 0 Å². The maximum atomic E-state index is 12.1. The van der Waals surface area contributed by atoms with Gasteiger partial charge in [0.15, 0.2) is 5.78 Å². The third-order valence-corrected chi connectivity index (χ3v) is 6.78. The summed E-state index contributed by atoms with van der Waals surface area (Å²) in [6, 6.07) is 16.5. The molecule has 0 amide bonds. The zero-order valence-electron chi connectivity index (χ0n) is 19.0. The minimum absolute atomic E-state index is 0.00136. The largest absolute Gasteiger partial charge is 0.439 e. The Morgan fingerprint density at radius 2 is 1.78 bits per heavy atom. The van der Waals surface area contributed by atoms with Crippen LogP contribution in [-0.2, 0) is 22.1 Å². The van der Waals surface area contributed by atoms with Gasteiger partial charge in [0.1, 0.15) is 5.75 Å². The van der Waals surface area contributed by atoms with Crippen molar-refractivity contribution < 1.29 is 17.9 Å². The summed E-state index contributed by atoms with van der Waals surface area (Å²) in [5, 5.41) is 4.65. The molecular weight excluding hydrogens is 426 g/mol. The zero-order valence-corrected chi connectivity index (χ0v) is 19.9. The smallest absolute Gasteiger partial charge is 0.218 e. The molecule has 0 radical (unpaired) electrons. The molecule has 170 valence electrons. The Hall–Kier alpha value is -2.97. The van der Waals surface area contributed by atoms with Gasteiger partial charge in [-0.2, -0.15) is 5.10 Å². The van der Waals surface area contributed by atoms with Gasteiger partial charge in [-0.15, -0.1) is 0 Å². The molecule has 0 saturated carbocycles. The number of rotatable bonds is 9. The lowest BCUT2D eigenvalue weighted by atomic mass is 9.93. The number of aromatic nitrogens is 2. The average Bonchev–Trinajstić information content (AvgIpc) is 3.16. The number of benzene rings is 2. The summed E-state index contributed by atoms with van der Waals surface area (Å²) in [5.41, 5.74) is 2.27. The summed E-state index contributed by atoms with van der Waals surface area (Å²) in [7, 11) is -3.36. The van der Waals surface area contributed by atoms with Crippen molar-refractivity contribution in [1.82, 2.24) is 14.5 Å². The van der Waals surface area contributed by atoms with Gasteiger partial charge in [-0.25, -0.2) is 17.8 Å². The monoisotopic (exact) mass is 455 g/mol. The number of sulfonamides is 1. The summed E-state index contributed by atoms with van der Waals surface area (Å²) < 4.78 is 34.7. The quantitative estimate of drug-likeness (QED) is 0.471. The Balaban J connectivity index is 1.90. The normalized spacial score (nSPS) is 12.0. The Morgan fingerprint density at radius 1 is 1.09 bits per heavy atom. The van der Waals surface area contributed by atoms with E-state index < -0.39 is 15.6 Å². The Morgan fingerprint density at radius 3 is 2.38 bits per heavy atom. The lowest BCUT2D eigenvalue weighted by Crippen LogP contribution is -2.41. The number of aryl methyl sites for hydroxylation is 1. The molecule has 0 aliphatic rings. The highest BCUT2D eigenvalue weighted by Gasteiger charge is 2.26. The van der Waals surface area contributed by atoms with Crippen LogP contribution in [0, 0.1) is 0 Å². The number of nitrogens with zero attached hydrogens (tertiary/aromatic N) is 2. The highest BCUT2D eigenvalue weighted by molar-refractivity contribution is 7.89. The fraction of sp³-hybridized carbons (Fsp3) is 0.333. The second kappa shape index (κ2) is 9.26. The SMILES string of the molecule is CCn1nc(-c2cccc(C(C)(C)NS(=O)(=O)CC)c2)cc1Oc1ccc(C(C)=O)cc1. The number of ether oxygens (including phenoxy) is 1. The van der Waals surface area contributed by atoms with E-state index in [9.17, 15) is 13.2 Å². The molecule has 7 nitrogen and oxygen atoms in total. The first-order chi connectivity index (χ1) is 15.0. The molecule has 8 heteroatoms. The lowest BCUT2D eigenvalue weighted by molar-refractivity contribution is 0.101. The van der Waals surface area contributed by atoms with Gasteiger partial charge in [0.2, 0.25) is 15.9 Å². The first kappa shape index (κ1) is 23.7. The van der Waals surface area contributed by atoms with E-state index in [0.29, 0.717) is 23.7 Å². The van der Waals surface area contributed by atoms with Crippen LogP contribution < -0.4 is 9.46 Å². The third-order valence-electron chi connectivity index (χ3n) is 5.20. The Kier molecular flexibility index (Phi) is 6.85. The number of nitrogens with one attached hydrogen (secondary N) is 1. The first-order valence-electron chi connectivity index (χ1n) is 10.5. The summed E-state index contributed by atoms with van der Waals surface area (Å²) in [5.74, 6) is 1.21. The van der Waals surface area contributed by atoms with Gasteiger partial charge < -0.3 is 4.74 Å². The minimum Gasteiger partial charge on any atom is -0.439 e. The molecule has 3 rings (SSSR count). The fourth-order valence-electron chi connectivity index (χ4n) is 3.31. The van der Waals surface area contributed by atoms with E-state index in [1.54, 1.807) is 35.9 Å². The van der Waals surface area contributed by atoms with Crippen molar-refractivity contribution in [3.63, 3.8) is 0 Å². The van der Waals surface area contributed by atoms with Gasteiger partial charge in [-0.3, -0.25) is 4.79 Å². The first-order valence-corrected chi connectivity index (χ1v) is 12.2. The molecule has 1 heterocycles. The van der Waals surface area contributed by atoms with Crippen LogP contribution in [0.25, 0.3) is 11.3 Å².